The van der Waals surface area contributed by atoms with Gasteiger partial charge in [0.25, 0.3) is 5.91 Å². The van der Waals surface area contributed by atoms with Crippen LogP contribution in [0.1, 0.15) is 25.0 Å². The molecule has 2 aromatic carbocycles. The van der Waals surface area contributed by atoms with E-state index in [0.717, 1.165) is 16.4 Å². The molecule has 0 spiro atoms. The van der Waals surface area contributed by atoms with Gasteiger partial charge in [0.1, 0.15) is 24.0 Å². The lowest BCUT2D eigenvalue weighted by Crippen LogP contribution is -2.35. The zero-order valence-electron chi connectivity index (χ0n) is 20.8. The predicted molar refractivity (Wildman–Crippen MR) is 142 cm³/mol. The van der Waals surface area contributed by atoms with E-state index >= 15 is 0 Å². The molecule has 0 aromatic heterocycles. The summed E-state index contributed by atoms with van der Waals surface area (Å²) in [7, 11) is 3.05. The monoisotopic (exact) mass is 508 g/mol. The number of amides is 1. The van der Waals surface area contributed by atoms with E-state index in [1.807, 2.05) is 45.0 Å². The number of hydrazone groups is 1. The van der Waals surface area contributed by atoms with Gasteiger partial charge in [-0.1, -0.05) is 32.0 Å². The molecule has 2 aliphatic rings. The molecule has 1 amide bonds. The fourth-order valence-corrected chi connectivity index (χ4v) is 4.44. The van der Waals surface area contributed by atoms with Crippen LogP contribution in [-0.2, 0) is 4.79 Å². The Bertz CT molecular complexity index is 1260. The van der Waals surface area contributed by atoms with Gasteiger partial charge in [-0.05, 0) is 54.1 Å². The maximum absolute atomic E-state index is 12.7. The van der Waals surface area contributed by atoms with Crippen molar-refractivity contribution in [3.63, 3.8) is 0 Å². The zero-order chi connectivity index (χ0) is 25.8. The Morgan fingerprint density at radius 3 is 2.36 bits per heavy atom. The molecule has 2 aromatic rings. The smallest absolute Gasteiger partial charge is 0.283 e. The van der Waals surface area contributed by atoms with E-state index in [-0.39, 0.29) is 23.9 Å². The first-order valence-electron chi connectivity index (χ1n) is 11.4. The van der Waals surface area contributed by atoms with Gasteiger partial charge in [0.15, 0.2) is 17.3 Å². The highest BCUT2D eigenvalue weighted by atomic mass is 32.2. The first kappa shape index (κ1) is 25.3. The number of nitrogens with zero attached hydrogens (tertiary/aromatic N) is 3. The van der Waals surface area contributed by atoms with Crippen molar-refractivity contribution >= 4 is 39.8 Å². The predicted octanol–water partition coefficient (Wildman–Crippen LogP) is 4.75. The van der Waals surface area contributed by atoms with Crippen LogP contribution in [0.25, 0.3) is 6.08 Å². The van der Waals surface area contributed by atoms with Gasteiger partial charge in [0.2, 0.25) is 10.9 Å². The Labute approximate surface area is 214 Å². The second-order valence-corrected chi connectivity index (χ2v) is 9.32. The Morgan fingerprint density at radius 1 is 1.06 bits per heavy atom. The summed E-state index contributed by atoms with van der Waals surface area (Å²) in [6, 6.07) is 11.2. The lowest BCUT2D eigenvalue weighted by Gasteiger charge is -2.20. The van der Waals surface area contributed by atoms with Crippen LogP contribution in [0.3, 0.4) is 0 Å². The number of benzene rings is 2. The molecule has 0 radical (unpaired) electrons. The Kier molecular flexibility index (Phi) is 7.64. The van der Waals surface area contributed by atoms with Gasteiger partial charge in [-0.15, -0.1) is 0 Å². The van der Waals surface area contributed by atoms with Crippen molar-refractivity contribution in [1.29, 1.82) is 5.41 Å². The average molecular weight is 509 g/mol. The summed E-state index contributed by atoms with van der Waals surface area (Å²) in [6.07, 6.45) is 1.58. The third-order valence-electron chi connectivity index (χ3n) is 5.44. The van der Waals surface area contributed by atoms with Gasteiger partial charge in [0, 0.05) is 5.92 Å². The number of ether oxygens (including phenoxy) is 4. The van der Waals surface area contributed by atoms with Crippen molar-refractivity contribution in [3.05, 3.63) is 53.1 Å². The summed E-state index contributed by atoms with van der Waals surface area (Å²) >= 11 is 1.31. The summed E-state index contributed by atoms with van der Waals surface area (Å²) < 4.78 is 22.8. The summed E-state index contributed by atoms with van der Waals surface area (Å²) in [5.74, 6) is 1.71. The largest absolute Gasteiger partial charge is 0.493 e. The summed E-state index contributed by atoms with van der Waals surface area (Å²) in [4.78, 5) is 16.9. The average Bonchev–Trinajstić information content (AvgIpc) is 3.30. The minimum Gasteiger partial charge on any atom is -0.493 e. The van der Waals surface area contributed by atoms with Crippen molar-refractivity contribution in [2.75, 3.05) is 27.4 Å². The van der Waals surface area contributed by atoms with Crippen molar-refractivity contribution in [1.82, 2.24) is 5.01 Å². The fourth-order valence-electron chi connectivity index (χ4n) is 3.55. The molecule has 0 saturated heterocycles. The number of rotatable bonds is 9. The number of amidine groups is 2. The van der Waals surface area contributed by atoms with Gasteiger partial charge in [0.05, 0.1) is 19.8 Å². The van der Waals surface area contributed by atoms with Crippen molar-refractivity contribution in [2.24, 2.45) is 16.0 Å². The van der Waals surface area contributed by atoms with Gasteiger partial charge < -0.3 is 18.9 Å². The number of carbonyl (C=O) groups is 1. The van der Waals surface area contributed by atoms with Crippen LogP contribution in [0.4, 0.5) is 0 Å². The molecule has 2 heterocycles. The van der Waals surface area contributed by atoms with Gasteiger partial charge in [-0.25, -0.2) is 0 Å². The van der Waals surface area contributed by atoms with E-state index in [1.54, 1.807) is 18.2 Å². The molecule has 2 aliphatic heterocycles. The van der Waals surface area contributed by atoms with Crippen LogP contribution in [0.15, 0.2) is 52.1 Å². The van der Waals surface area contributed by atoms with Gasteiger partial charge in [-0.2, -0.15) is 15.1 Å². The van der Waals surface area contributed by atoms with Crippen LogP contribution in [0.2, 0.25) is 0 Å². The van der Waals surface area contributed by atoms with E-state index in [1.165, 1.54) is 31.0 Å². The number of aliphatic imine (C=N–C) groups is 1. The number of thioether (sulfide) groups is 1. The standard InChI is InChI=1S/C26H28N4O5S/c1-15(2)25-29-30-23(27)18(24(31)28-26(30)36-25)12-17-13-20(32-4)22(21(14-17)33-5)35-11-10-34-19-9-7-6-8-16(19)3/h6-9,12-15,27H,10-11H2,1-5H3. The van der Waals surface area contributed by atoms with Crippen molar-refractivity contribution in [2.45, 2.75) is 20.8 Å². The number of para-hydroxylation sites is 1. The lowest BCUT2D eigenvalue weighted by atomic mass is 10.1. The number of fused-ring (bicyclic) bond motifs is 1. The third-order valence-corrected chi connectivity index (χ3v) is 6.65. The van der Waals surface area contributed by atoms with E-state index in [9.17, 15) is 4.79 Å². The number of carbonyl (C=O) groups excluding carboxylic acids is 1. The van der Waals surface area contributed by atoms with Crippen LogP contribution < -0.4 is 18.9 Å². The lowest BCUT2D eigenvalue weighted by molar-refractivity contribution is -0.114. The number of hydrogen-bond acceptors (Lipinski definition) is 8. The van der Waals surface area contributed by atoms with Gasteiger partial charge in [-0.3, -0.25) is 10.2 Å². The second kappa shape index (κ2) is 10.9. The van der Waals surface area contributed by atoms with Crippen LogP contribution in [0, 0.1) is 18.3 Å². The summed E-state index contributed by atoms with van der Waals surface area (Å²) in [5.41, 5.74) is 1.76. The number of hydrogen-bond donors (Lipinski definition) is 1. The van der Waals surface area contributed by atoms with E-state index in [0.29, 0.717) is 34.6 Å². The third kappa shape index (κ3) is 5.23. The quantitative estimate of drug-likeness (QED) is 0.385. The van der Waals surface area contributed by atoms with Gasteiger partial charge >= 0.3 is 0 Å². The molecule has 36 heavy (non-hydrogen) atoms. The number of methoxy groups -OCH3 is 2. The molecular formula is C26H28N4O5S. The molecule has 9 nitrogen and oxygen atoms in total. The number of nitrogens with one attached hydrogen (secondary N) is 1. The first-order chi connectivity index (χ1) is 17.3. The van der Waals surface area contributed by atoms with E-state index in [2.05, 4.69) is 10.1 Å². The van der Waals surface area contributed by atoms with E-state index in [4.69, 9.17) is 24.4 Å². The maximum Gasteiger partial charge on any atom is 0.283 e. The molecule has 4 rings (SSSR count). The Hall–Kier alpha value is -3.79. The highest BCUT2D eigenvalue weighted by Gasteiger charge is 2.36. The van der Waals surface area contributed by atoms with Crippen molar-refractivity contribution < 1.29 is 23.7 Å². The molecule has 0 unspecified atom stereocenters. The summed E-state index contributed by atoms with van der Waals surface area (Å²) in [5, 5.41) is 15.6. The SMILES string of the molecule is COc1cc(C=C2C(=N)N3N=C(C(C)C)SC3=NC2=O)cc(OC)c1OCCOc1ccccc1C. The molecule has 0 bridgehead atoms. The molecule has 188 valence electrons. The zero-order valence-corrected chi connectivity index (χ0v) is 21.6. The topological polar surface area (TPSA) is 106 Å². The molecule has 10 heteroatoms. The number of aryl methyl sites for hydroxylation is 1. The highest BCUT2D eigenvalue weighted by Crippen LogP contribution is 2.39. The Balaban J connectivity index is 1.54. The second-order valence-electron chi connectivity index (χ2n) is 8.33. The van der Waals surface area contributed by atoms with Crippen LogP contribution >= 0.6 is 11.8 Å². The van der Waals surface area contributed by atoms with Crippen LogP contribution in [-0.4, -0.2) is 54.4 Å². The normalized spacial score (nSPS) is 16.2. The van der Waals surface area contributed by atoms with Crippen molar-refractivity contribution in [3.8, 4) is 23.0 Å². The molecule has 0 atom stereocenters. The molecule has 0 fully saturated rings. The fraction of sp³-hybridized carbons (Fsp3) is 0.308. The molecule has 1 N–H and O–H groups in total. The summed E-state index contributed by atoms with van der Waals surface area (Å²) in [6.45, 7) is 6.59. The maximum atomic E-state index is 12.7. The first-order valence-corrected chi connectivity index (χ1v) is 12.2. The molecule has 0 aliphatic carbocycles. The Morgan fingerprint density at radius 2 is 1.72 bits per heavy atom. The minimum atomic E-state index is -0.495. The van der Waals surface area contributed by atoms with Crippen LogP contribution in [0.5, 0.6) is 23.0 Å². The molecular weight excluding hydrogens is 480 g/mol. The minimum absolute atomic E-state index is 0.0280. The highest BCUT2D eigenvalue weighted by molar-refractivity contribution is 8.27. The van der Waals surface area contributed by atoms with E-state index < -0.39 is 5.91 Å². The molecule has 0 saturated carbocycles.